The molecule has 1 N–H and O–H groups in total. The molecule has 1 heterocycles. The molecule has 1 aromatic rings. The number of hydrogen-bond donors (Lipinski definition) is 1. The van der Waals surface area contributed by atoms with Crippen molar-refractivity contribution in [3.05, 3.63) is 35.1 Å². The minimum Gasteiger partial charge on any atom is -0.299 e. The topological polar surface area (TPSA) is 12.0 Å². The second kappa shape index (κ2) is 5.47. The van der Waals surface area contributed by atoms with E-state index in [2.05, 4.69) is 5.32 Å². The summed E-state index contributed by atoms with van der Waals surface area (Å²) < 4.78 is 89.0. The molecule has 0 amide bonds. The van der Waals surface area contributed by atoms with Gasteiger partial charge in [-0.25, -0.2) is 4.39 Å². The van der Waals surface area contributed by atoms with Gasteiger partial charge in [0.2, 0.25) is 0 Å². The van der Waals surface area contributed by atoms with Gasteiger partial charge in [-0.1, -0.05) is 6.07 Å². The Bertz CT molecular complexity index is 506. The Morgan fingerprint density at radius 1 is 1.00 bits per heavy atom. The van der Waals surface area contributed by atoms with Gasteiger partial charge in [-0.3, -0.25) is 5.32 Å². The van der Waals surface area contributed by atoms with Crippen LogP contribution in [-0.4, -0.2) is 12.2 Å². The average molecular weight is 315 g/mol. The predicted molar refractivity (Wildman–Crippen MR) is 61.0 cm³/mol. The fourth-order valence-electron chi connectivity index (χ4n) is 2.43. The maximum absolute atomic E-state index is 13.2. The standard InChI is InChI=1S/C13H12F7N/c14-9-5-4-7(6-8(9)12(15,16)17)10-2-1-3-11(21-10)13(18,19)20/h4-6,10-11,21H,1-3H2. The number of nitrogens with one attached hydrogen (secondary N) is 1. The van der Waals surface area contributed by atoms with Gasteiger partial charge in [0, 0.05) is 6.04 Å². The highest BCUT2D eigenvalue weighted by Crippen LogP contribution is 2.36. The van der Waals surface area contributed by atoms with Crippen molar-refractivity contribution >= 4 is 0 Å². The van der Waals surface area contributed by atoms with Crippen LogP contribution in [0.2, 0.25) is 0 Å². The van der Waals surface area contributed by atoms with Crippen molar-refractivity contribution in [2.24, 2.45) is 0 Å². The van der Waals surface area contributed by atoms with Crippen LogP contribution in [0, 0.1) is 5.82 Å². The smallest absolute Gasteiger partial charge is 0.299 e. The van der Waals surface area contributed by atoms with Gasteiger partial charge in [-0.05, 0) is 37.0 Å². The highest BCUT2D eigenvalue weighted by atomic mass is 19.4. The monoisotopic (exact) mass is 315 g/mol. The molecular weight excluding hydrogens is 303 g/mol. The Labute approximate surface area is 116 Å². The van der Waals surface area contributed by atoms with Gasteiger partial charge in [0.25, 0.3) is 0 Å². The maximum atomic E-state index is 13.2. The lowest BCUT2D eigenvalue weighted by Gasteiger charge is -2.32. The van der Waals surface area contributed by atoms with E-state index in [0.29, 0.717) is 12.1 Å². The van der Waals surface area contributed by atoms with Crippen LogP contribution in [0.3, 0.4) is 0 Å². The van der Waals surface area contributed by atoms with E-state index < -0.39 is 35.8 Å². The summed E-state index contributed by atoms with van der Waals surface area (Å²) in [6.07, 6.45) is -8.94. The first-order valence-corrected chi connectivity index (χ1v) is 6.28. The normalized spacial score (nSPS) is 24.1. The fraction of sp³-hybridized carbons (Fsp3) is 0.538. The summed E-state index contributed by atoms with van der Waals surface area (Å²) >= 11 is 0. The molecule has 2 atom stereocenters. The van der Waals surface area contributed by atoms with Crippen LogP contribution in [0.1, 0.15) is 36.4 Å². The third kappa shape index (κ3) is 3.66. The second-order valence-electron chi connectivity index (χ2n) is 4.98. The number of piperidine rings is 1. The molecule has 2 rings (SSSR count). The van der Waals surface area contributed by atoms with Crippen molar-refractivity contribution in [2.75, 3.05) is 0 Å². The van der Waals surface area contributed by atoms with Gasteiger partial charge in [-0.15, -0.1) is 0 Å². The number of benzene rings is 1. The van der Waals surface area contributed by atoms with Crippen LogP contribution in [0.15, 0.2) is 18.2 Å². The van der Waals surface area contributed by atoms with E-state index in [1.807, 2.05) is 0 Å². The summed E-state index contributed by atoms with van der Waals surface area (Å²) in [5, 5.41) is 2.29. The molecule has 1 saturated heterocycles. The Balaban J connectivity index is 2.26. The minimum absolute atomic E-state index is 0.0117. The van der Waals surface area contributed by atoms with Crippen LogP contribution in [0.25, 0.3) is 0 Å². The zero-order valence-corrected chi connectivity index (χ0v) is 10.7. The Kier molecular flexibility index (Phi) is 4.19. The van der Waals surface area contributed by atoms with E-state index in [1.54, 1.807) is 0 Å². The zero-order valence-electron chi connectivity index (χ0n) is 10.7. The third-order valence-electron chi connectivity index (χ3n) is 3.48. The van der Waals surface area contributed by atoms with E-state index in [0.717, 1.165) is 6.07 Å². The summed E-state index contributed by atoms with van der Waals surface area (Å²) in [5.41, 5.74) is -1.45. The first-order chi connectivity index (χ1) is 9.59. The summed E-state index contributed by atoms with van der Waals surface area (Å²) in [7, 11) is 0. The molecule has 8 heteroatoms. The Hall–Kier alpha value is -1.31. The van der Waals surface area contributed by atoms with Crippen molar-refractivity contribution in [1.82, 2.24) is 5.32 Å². The zero-order chi connectivity index (χ0) is 15.8. The van der Waals surface area contributed by atoms with Crippen molar-refractivity contribution < 1.29 is 30.7 Å². The number of halogens is 7. The quantitative estimate of drug-likeness (QED) is 0.748. The van der Waals surface area contributed by atoms with Crippen molar-refractivity contribution in [3.63, 3.8) is 0 Å². The predicted octanol–water partition coefficient (Wildman–Crippen LogP) is 4.59. The van der Waals surface area contributed by atoms with Gasteiger partial charge in [0.05, 0.1) is 5.56 Å². The number of hydrogen-bond acceptors (Lipinski definition) is 1. The second-order valence-corrected chi connectivity index (χ2v) is 4.98. The summed E-state index contributed by atoms with van der Waals surface area (Å²) in [6.45, 7) is 0. The van der Waals surface area contributed by atoms with Crippen LogP contribution < -0.4 is 5.32 Å². The maximum Gasteiger partial charge on any atom is 0.419 e. The van der Waals surface area contributed by atoms with Gasteiger partial charge in [0.1, 0.15) is 11.9 Å². The lowest BCUT2D eigenvalue weighted by atomic mass is 9.92. The van der Waals surface area contributed by atoms with Gasteiger partial charge in [0.15, 0.2) is 0 Å². The molecule has 1 nitrogen and oxygen atoms in total. The molecule has 0 aliphatic carbocycles. The fourth-order valence-corrected chi connectivity index (χ4v) is 2.43. The highest BCUT2D eigenvalue weighted by molar-refractivity contribution is 5.30. The van der Waals surface area contributed by atoms with E-state index in [-0.39, 0.29) is 24.8 Å². The third-order valence-corrected chi connectivity index (χ3v) is 3.48. The highest BCUT2D eigenvalue weighted by Gasteiger charge is 2.42. The Morgan fingerprint density at radius 2 is 1.67 bits per heavy atom. The number of rotatable bonds is 1. The molecule has 0 spiro atoms. The molecule has 118 valence electrons. The van der Waals surface area contributed by atoms with Gasteiger partial charge in [-0.2, -0.15) is 26.3 Å². The summed E-state index contributed by atoms with van der Waals surface area (Å²) in [6, 6.07) is -0.327. The van der Waals surface area contributed by atoms with Crippen molar-refractivity contribution in [2.45, 2.75) is 43.7 Å². The first-order valence-electron chi connectivity index (χ1n) is 6.28. The van der Waals surface area contributed by atoms with Gasteiger partial charge >= 0.3 is 12.4 Å². The summed E-state index contributed by atoms with van der Waals surface area (Å²) in [5.74, 6) is -1.44. The molecular formula is C13H12F7N. The lowest BCUT2D eigenvalue weighted by molar-refractivity contribution is -0.163. The minimum atomic E-state index is -4.88. The van der Waals surface area contributed by atoms with Crippen LogP contribution in [0.5, 0.6) is 0 Å². The van der Waals surface area contributed by atoms with E-state index in [4.69, 9.17) is 0 Å². The number of alkyl halides is 6. The molecule has 0 aromatic heterocycles. The largest absolute Gasteiger partial charge is 0.419 e. The summed E-state index contributed by atoms with van der Waals surface area (Å²) in [4.78, 5) is 0. The lowest BCUT2D eigenvalue weighted by Crippen LogP contribution is -2.46. The average Bonchev–Trinajstić information content (AvgIpc) is 2.37. The van der Waals surface area contributed by atoms with Crippen molar-refractivity contribution in [1.29, 1.82) is 0 Å². The molecule has 1 aromatic carbocycles. The SMILES string of the molecule is Fc1ccc(C2CCCC(C(F)(F)F)N2)cc1C(F)(F)F. The van der Waals surface area contributed by atoms with E-state index in [9.17, 15) is 30.7 Å². The molecule has 2 unspecified atom stereocenters. The molecule has 1 aliphatic heterocycles. The van der Waals surface area contributed by atoms with Crippen LogP contribution in [0.4, 0.5) is 30.7 Å². The first kappa shape index (κ1) is 16.1. The molecule has 1 fully saturated rings. The van der Waals surface area contributed by atoms with Gasteiger partial charge < -0.3 is 0 Å². The van der Waals surface area contributed by atoms with E-state index >= 15 is 0 Å². The molecule has 0 bridgehead atoms. The molecule has 1 aliphatic rings. The molecule has 0 radical (unpaired) electrons. The van der Waals surface area contributed by atoms with Crippen LogP contribution in [-0.2, 0) is 6.18 Å². The van der Waals surface area contributed by atoms with Crippen LogP contribution >= 0.6 is 0 Å². The molecule has 21 heavy (non-hydrogen) atoms. The molecule has 0 saturated carbocycles. The van der Waals surface area contributed by atoms with E-state index in [1.165, 1.54) is 0 Å². The van der Waals surface area contributed by atoms with Crippen molar-refractivity contribution in [3.8, 4) is 0 Å². The Morgan fingerprint density at radius 3 is 2.24 bits per heavy atom.